The Kier molecular flexibility index (Phi) is 3.70. The summed E-state index contributed by atoms with van der Waals surface area (Å²) in [7, 11) is 0. The molecular weight excluding hydrogens is 338 g/mol. The number of nitrogens with one attached hydrogen (secondary N) is 1. The van der Waals surface area contributed by atoms with Crippen molar-refractivity contribution in [1.29, 1.82) is 0 Å². The van der Waals surface area contributed by atoms with Crippen LogP contribution in [0.25, 0.3) is 0 Å². The van der Waals surface area contributed by atoms with Gasteiger partial charge in [-0.3, -0.25) is 4.79 Å². The van der Waals surface area contributed by atoms with Crippen LogP contribution in [0.2, 0.25) is 0 Å². The standard InChI is InChI=1S/C15H20ClN3OS2/c1-2-21-13-19-18-12(22-13)17-11(20)14-4-9-3-10(5-14)7-15(16,6-9)8-14/h9-10H,2-8H2,1H3,(H,17,18,20)/t9-,10+,14?,15?. The summed E-state index contributed by atoms with van der Waals surface area (Å²) in [6, 6.07) is 0. The van der Waals surface area contributed by atoms with E-state index >= 15 is 0 Å². The molecule has 1 heterocycles. The van der Waals surface area contributed by atoms with E-state index in [1.165, 1.54) is 17.8 Å². The molecule has 0 saturated heterocycles. The van der Waals surface area contributed by atoms with E-state index in [9.17, 15) is 4.79 Å². The topological polar surface area (TPSA) is 54.9 Å². The van der Waals surface area contributed by atoms with Crippen molar-refractivity contribution in [2.45, 2.75) is 54.7 Å². The van der Waals surface area contributed by atoms with Gasteiger partial charge in [0, 0.05) is 4.87 Å². The number of amides is 1. The van der Waals surface area contributed by atoms with Gasteiger partial charge in [-0.25, -0.2) is 0 Å². The van der Waals surface area contributed by atoms with Crippen LogP contribution in [-0.2, 0) is 4.79 Å². The number of anilines is 1. The van der Waals surface area contributed by atoms with Gasteiger partial charge in [-0.2, -0.15) is 0 Å². The second-order valence-corrected chi connectivity index (χ2v) is 10.4. The minimum atomic E-state index is -0.268. The summed E-state index contributed by atoms with van der Waals surface area (Å²) in [6.45, 7) is 2.08. The van der Waals surface area contributed by atoms with E-state index in [1.807, 2.05) is 0 Å². The highest BCUT2D eigenvalue weighted by atomic mass is 35.5. The van der Waals surface area contributed by atoms with Gasteiger partial charge in [-0.15, -0.1) is 21.8 Å². The van der Waals surface area contributed by atoms with Gasteiger partial charge in [0.05, 0.1) is 5.41 Å². The molecule has 4 atom stereocenters. The molecule has 1 N–H and O–H groups in total. The maximum Gasteiger partial charge on any atom is 0.232 e. The highest BCUT2D eigenvalue weighted by Crippen LogP contribution is 2.64. The molecule has 22 heavy (non-hydrogen) atoms. The number of carbonyl (C=O) groups excluding carboxylic acids is 1. The number of thioether (sulfide) groups is 1. The molecule has 4 saturated carbocycles. The first-order valence-corrected chi connectivity index (χ1v) is 10.1. The number of alkyl halides is 1. The smallest absolute Gasteiger partial charge is 0.232 e. The Hall–Kier alpha value is -0.330. The average molecular weight is 358 g/mol. The number of halogens is 1. The van der Waals surface area contributed by atoms with Crippen molar-refractivity contribution < 1.29 is 4.79 Å². The van der Waals surface area contributed by atoms with Crippen molar-refractivity contribution in [2.24, 2.45) is 17.3 Å². The Balaban J connectivity index is 1.52. The number of aromatic nitrogens is 2. The molecule has 5 rings (SSSR count). The van der Waals surface area contributed by atoms with Crippen LogP contribution < -0.4 is 5.32 Å². The zero-order chi connectivity index (χ0) is 15.4. The molecule has 1 aromatic rings. The molecule has 4 bridgehead atoms. The summed E-state index contributed by atoms with van der Waals surface area (Å²) >= 11 is 9.92. The highest BCUT2D eigenvalue weighted by Gasteiger charge is 2.60. The van der Waals surface area contributed by atoms with E-state index in [1.54, 1.807) is 11.8 Å². The first-order valence-electron chi connectivity index (χ1n) is 7.97. The Bertz CT molecular complexity index is 591. The zero-order valence-electron chi connectivity index (χ0n) is 12.6. The van der Waals surface area contributed by atoms with Gasteiger partial charge in [0.25, 0.3) is 0 Å². The van der Waals surface area contributed by atoms with Crippen LogP contribution in [0.3, 0.4) is 0 Å². The van der Waals surface area contributed by atoms with Crippen LogP contribution in [0.15, 0.2) is 4.34 Å². The fourth-order valence-electron chi connectivity index (χ4n) is 5.09. The summed E-state index contributed by atoms with van der Waals surface area (Å²) in [4.78, 5) is 12.8. The van der Waals surface area contributed by atoms with E-state index in [0.717, 1.165) is 42.2 Å². The van der Waals surface area contributed by atoms with Crippen LogP contribution >= 0.6 is 34.7 Å². The molecule has 0 spiro atoms. The van der Waals surface area contributed by atoms with Gasteiger partial charge in [0.15, 0.2) is 4.34 Å². The third-order valence-electron chi connectivity index (χ3n) is 5.37. The fourth-order valence-corrected chi connectivity index (χ4v) is 7.42. The van der Waals surface area contributed by atoms with Gasteiger partial charge in [-0.05, 0) is 56.1 Å². The molecule has 0 radical (unpaired) electrons. The lowest BCUT2D eigenvalue weighted by molar-refractivity contribution is -0.138. The van der Waals surface area contributed by atoms with E-state index in [2.05, 4.69) is 22.4 Å². The molecule has 1 aromatic heterocycles. The quantitative estimate of drug-likeness (QED) is 0.499. The predicted octanol–water partition coefficient (Wildman–Crippen LogP) is 4.17. The monoisotopic (exact) mass is 357 g/mol. The molecule has 4 fully saturated rings. The first kappa shape index (κ1) is 15.2. The van der Waals surface area contributed by atoms with Crippen LogP contribution in [-0.4, -0.2) is 26.7 Å². The van der Waals surface area contributed by atoms with Crippen molar-refractivity contribution >= 4 is 45.7 Å². The number of carbonyl (C=O) groups is 1. The van der Waals surface area contributed by atoms with Gasteiger partial charge < -0.3 is 5.32 Å². The third-order valence-corrected chi connectivity index (χ3v) is 7.66. The maximum absolute atomic E-state index is 12.9. The number of hydrogen-bond acceptors (Lipinski definition) is 5. The molecule has 7 heteroatoms. The molecule has 4 aliphatic rings. The first-order chi connectivity index (χ1) is 10.5. The lowest BCUT2D eigenvalue weighted by Crippen LogP contribution is -2.57. The van der Waals surface area contributed by atoms with E-state index in [0.29, 0.717) is 17.0 Å². The third kappa shape index (κ3) is 2.57. The second kappa shape index (κ2) is 5.35. The molecule has 2 unspecified atom stereocenters. The number of rotatable bonds is 4. The Morgan fingerprint density at radius 1 is 1.36 bits per heavy atom. The molecule has 1 amide bonds. The highest BCUT2D eigenvalue weighted by molar-refractivity contribution is 8.01. The van der Waals surface area contributed by atoms with Gasteiger partial charge in [0.1, 0.15) is 0 Å². The molecule has 0 aliphatic heterocycles. The predicted molar refractivity (Wildman–Crippen MR) is 90.6 cm³/mol. The summed E-state index contributed by atoms with van der Waals surface area (Å²) in [5.74, 6) is 2.34. The Morgan fingerprint density at radius 2 is 2.09 bits per heavy atom. The summed E-state index contributed by atoms with van der Waals surface area (Å²) < 4.78 is 0.914. The van der Waals surface area contributed by atoms with Crippen LogP contribution in [0.1, 0.15) is 45.4 Å². The maximum atomic E-state index is 12.9. The number of hydrogen-bond donors (Lipinski definition) is 1. The fraction of sp³-hybridized carbons (Fsp3) is 0.800. The number of nitrogens with zero attached hydrogens (tertiary/aromatic N) is 2. The summed E-state index contributed by atoms with van der Waals surface area (Å²) in [5, 5.41) is 11.9. The summed E-state index contributed by atoms with van der Waals surface area (Å²) in [5.41, 5.74) is -0.268. The Labute approximate surface area is 143 Å². The van der Waals surface area contributed by atoms with E-state index < -0.39 is 0 Å². The molecular formula is C15H20ClN3OS2. The minimum Gasteiger partial charge on any atom is -0.300 e. The van der Waals surface area contributed by atoms with E-state index in [-0.39, 0.29) is 16.2 Å². The van der Waals surface area contributed by atoms with Crippen molar-refractivity contribution in [3.63, 3.8) is 0 Å². The molecule has 4 aliphatic carbocycles. The van der Waals surface area contributed by atoms with Crippen molar-refractivity contribution in [1.82, 2.24) is 10.2 Å². The van der Waals surface area contributed by atoms with Crippen LogP contribution in [0.5, 0.6) is 0 Å². The van der Waals surface area contributed by atoms with Gasteiger partial charge in [0.2, 0.25) is 11.0 Å². The van der Waals surface area contributed by atoms with Crippen LogP contribution in [0.4, 0.5) is 5.13 Å². The second-order valence-electron chi connectivity index (χ2n) is 7.15. The van der Waals surface area contributed by atoms with Gasteiger partial charge in [-0.1, -0.05) is 30.0 Å². The zero-order valence-corrected chi connectivity index (χ0v) is 15.0. The lowest BCUT2D eigenvalue weighted by Gasteiger charge is -2.59. The van der Waals surface area contributed by atoms with E-state index in [4.69, 9.17) is 11.6 Å². The SMILES string of the molecule is CCSc1nnc(NC(=O)C23C[C@@H]4C[C@@H](CC(Cl)(C4)C2)C3)s1. The van der Waals surface area contributed by atoms with Gasteiger partial charge >= 0.3 is 0 Å². The molecule has 4 nitrogen and oxygen atoms in total. The van der Waals surface area contributed by atoms with Crippen molar-refractivity contribution in [2.75, 3.05) is 11.1 Å². The van der Waals surface area contributed by atoms with Crippen molar-refractivity contribution in [3.05, 3.63) is 0 Å². The molecule has 0 aromatic carbocycles. The Morgan fingerprint density at radius 3 is 2.73 bits per heavy atom. The largest absolute Gasteiger partial charge is 0.300 e. The minimum absolute atomic E-state index is 0.121. The van der Waals surface area contributed by atoms with Crippen molar-refractivity contribution in [3.8, 4) is 0 Å². The molecule has 120 valence electrons. The van der Waals surface area contributed by atoms with Crippen LogP contribution in [0, 0.1) is 17.3 Å². The summed E-state index contributed by atoms with van der Waals surface area (Å²) in [6.07, 6.45) is 6.28. The lowest BCUT2D eigenvalue weighted by atomic mass is 9.49. The average Bonchev–Trinajstić information content (AvgIpc) is 2.83. The normalized spacial score (nSPS) is 39.2.